The lowest BCUT2D eigenvalue weighted by molar-refractivity contribution is 0.405. The zero-order valence-electron chi connectivity index (χ0n) is 15.5. The summed E-state index contributed by atoms with van der Waals surface area (Å²) in [6.45, 7) is 3.08. The van der Waals surface area contributed by atoms with Crippen molar-refractivity contribution >= 4 is 23.3 Å². The fourth-order valence-corrected chi connectivity index (χ4v) is 3.49. The molecule has 140 valence electrons. The van der Waals surface area contributed by atoms with E-state index in [4.69, 9.17) is 4.74 Å². The van der Waals surface area contributed by atoms with Crippen molar-refractivity contribution in [3.8, 4) is 16.9 Å². The summed E-state index contributed by atoms with van der Waals surface area (Å²) < 4.78 is 22.9. The van der Waals surface area contributed by atoms with Crippen LogP contribution in [0.15, 0.2) is 71.6 Å². The molecule has 5 heteroatoms. The molecule has 0 bridgehead atoms. The smallest absolute Gasteiger partial charge is 0.134 e. The van der Waals surface area contributed by atoms with Gasteiger partial charge >= 0.3 is 0 Å². The normalized spacial score (nSPS) is 10.5. The first-order valence-electron chi connectivity index (χ1n) is 8.91. The van der Waals surface area contributed by atoms with Crippen molar-refractivity contribution in [3.05, 3.63) is 72.5 Å². The van der Waals surface area contributed by atoms with Gasteiger partial charge in [0.2, 0.25) is 0 Å². The molecule has 3 aromatic rings. The van der Waals surface area contributed by atoms with E-state index in [9.17, 15) is 4.39 Å². The first-order valence-corrected chi connectivity index (χ1v) is 9.72. The van der Waals surface area contributed by atoms with Gasteiger partial charge in [0.05, 0.1) is 12.0 Å². The standard InChI is InChI=1S/C22H23FN2OS/c1-3-13-24-17-7-6-8-18(15-17)25-27-22-14-16(11-12-21(22)26-2)19-9-4-5-10-20(19)23/h4-12,14-15,24-25H,3,13H2,1-2H3. The highest BCUT2D eigenvalue weighted by molar-refractivity contribution is 8.00. The highest BCUT2D eigenvalue weighted by atomic mass is 32.2. The van der Waals surface area contributed by atoms with Gasteiger partial charge in [0.1, 0.15) is 11.6 Å². The summed E-state index contributed by atoms with van der Waals surface area (Å²) in [5, 5.41) is 3.38. The minimum atomic E-state index is -0.235. The second kappa shape index (κ2) is 9.33. The Labute approximate surface area is 164 Å². The Kier molecular flexibility index (Phi) is 6.60. The van der Waals surface area contributed by atoms with Crippen LogP contribution in [0.4, 0.5) is 15.8 Å². The van der Waals surface area contributed by atoms with Gasteiger partial charge in [0.25, 0.3) is 0 Å². The van der Waals surface area contributed by atoms with Crippen LogP contribution in [0.2, 0.25) is 0 Å². The SMILES string of the molecule is CCCNc1cccc(NSc2cc(-c3ccccc3F)ccc2OC)c1. The van der Waals surface area contributed by atoms with E-state index in [1.807, 2.05) is 42.5 Å². The number of hydrogen-bond donors (Lipinski definition) is 2. The molecule has 0 spiro atoms. The number of ether oxygens (including phenoxy) is 1. The summed E-state index contributed by atoms with van der Waals surface area (Å²) in [6, 6.07) is 20.6. The van der Waals surface area contributed by atoms with E-state index < -0.39 is 0 Å². The lowest BCUT2D eigenvalue weighted by atomic mass is 10.1. The van der Waals surface area contributed by atoms with Gasteiger partial charge in [-0.2, -0.15) is 0 Å². The molecule has 0 radical (unpaired) electrons. The van der Waals surface area contributed by atoms with Crippen molar-refractivity contribution in [2.45, 2.75) is 18.2 Å². The lowest BCUT2D eigenvalue weighted by Gasteiger charge is -2.13. The quantitative estimate of drug-likeness (QED) is 0.439. The average molecular weight is 383 g/mol. The van der Waals surface area contributed by atoms with Crippen LogP contribution in [-0.2, 0) is 0 Å². The second-order valence-electron chi connectivity index (χ2n) is 6.06. The second-order valence-corrected chi connectivity index (χ2v) is 6.91. The molecule has 2 N–H and O–H groups in total. The van der Waals surface area contributed by atoms with Crippen LogP contribution in [0.5, 0.6) is 5.75 Å². The van der Waals surface area contributed by atoms with Crippen LogP contribution in [0.3, 0.4) is 0 Å². The van der Waals surface area contributed by atoms with Gasteiger partial charge in [0.15, 0.2) is 0 Å². The predicted octanol–water partition coefficient (Wildman–Crippen LogP) is 6.44. The maximum Gasteiger partial charge on any atom is 0.134 e. The van der Waals surface area contributed by atoms with Crippen LogP contribution in [0.1, 0.15) is 13.3 Å². The van der Waals surface area contributed by atoms with E-state index in [1.165, 1.54) is 18.0 Å². The molecule has 0 saturated carbocycles. The number of halogens is 1. The topological polar surface area (TPSA) is 33.3 Å². The number of methoxy groups -OCH3 is 1. The van der Waals surface area contributed by atoms with E-state index in [0.717, 1.165) is 40.5 Å². The summed E-state index contributed by atoms with van der Waals surface area (Å²) >= 11 is 1.45. The maximum absolute atomic E-state index is 14.1. The largest absolute Gasteiger partial charge is 0.496 e. The summed E-state index contributed by atoms with van der Waals surface area (Å²) in [5.74, 6) is 0.508. The minimum Gasteiger partial charge on any atom is -0.496 e. The number of hydrogen-bond acceptors (Lipinski definition) is 4. The van der Waals surface area contributed by atoms with Crippen molar-refractivity contribution in [1.82, 2.24) is 0 Å². The molecule has 0 amide bonds. The Morgan fingerprint density at radius 1 is 0.963 bits per heavy atom. The Bertz CT molecular complexity index is 901. The third-order valence-corrected chi connectivity index (χ3v) is 4.95. The lowest BCUT2D eigenvalue weighted by Crippen LogP contribution is -1.99. The zero-order valence-corrected chi connectivity index (χ0v) is 16.3. The molecular formula is C22H23FN2OS. The molecule has 3 rings (SSSR count). The van der Waals surface area contributed by atoms with Gasteiger partial charge in [-0.15, -0.1) is 0 Å². The minimum absolute atomic E-state index is 0.235. The molecule has 0 unspecified atom stereocenters. The highest BCUT2D eigenvalue weighted by Gasteiger charge is 2.10. The monoisotopic (exact) mass is 382 g/mol. The molecule has 0 heterocycles. The predicted molar refractivity (Wildman–Crippen MR) is 113 cm³/mol. The van der Waals surface area contributed by atoms with Crippen molar-refractivity contribution in [1.29, 1.82) is 0 Å². The molecule has 0 saturated heterocycles. The summed E-state index contributed by atoms with van der Waals surface area (Å²) in [4.78, 5) is 0.894. The van der Waals surface area contributed by atoms with Crippen LogP contribution < -0.4 is 14.8 Å². The Hall–Kier alpha value is -2.66. The van der Waals surface area contributed by atoms with Gasteiger partial charge in [0, 0.05) is 23.5 Å². The van der Waals surface area contributed by atoms with Crippen molar-refractivity contribution in [3.63, 3.8) is 0 Å². The van der Waals surface area contributed by atoms with E-state index in [-0.39, 0.29) is 5.82 Å². The molecule has 0 aromatic heterocycles. The van der Waals surface area contributed by atoms with Crippen LogP contribution in [0, 0.1) is 5.82 Å². The summed E-state index contributed by atoms with van der Waals surface area (Å²) in [6.07, 6.45) is 1.08. The zero-order chi connectivity index (χ0) is 19.1. The van der Waals surface area contributed by atoms with Crippen molar-refractivity contribution < 1.29 is 9.13 Å². The van der Waals surface area contributed by atoms with Crippen LogP contribution >= 0.6 is 11.9 Å². The third-order valence-electron chi connectivity index (χ3n) is 4.07. The van der Waals surface area contributed by atoms with Gasteiger partial charge < -0.3 is 14.8 Å². The number of benzene rings is 3. The molecular weight excluding hydrogens is 359 g/mol. The number of nitrogens with one attached hydrogen (secondary N) is 2. The molecule has 0 aliphatic carbocycles. The summed E-state index contributed by atoms with van der Waals surface area (Å²) in [5.41, 5.74) is 3.46. The first kappa shape index (κ1) is 19.1. The van der Waals surface area contributed by atoms with Gasteiger partial charge in [-0.05, 0) is 60.3 Å². The van der Waals surface area contributed by atoms with Gasteiger partial charge in [-0.1, -0.05) is 37.3 Å². The van der Waals surface area contributed by atoms with Crippen molar-refractivity contribution in [2.24, 2.45) is 0 Å². The van der Waals surface area contributed by atoms with E-state index in [1.54, 1.807) is 19.2 Å². The number of anilines is 2. The highest BCUT2D eigenvalue weighted by Crippen LogP contribution is 2.35. The van der Waals surface area contributed by atoms with Gasteiger partial charge in [-0.25, -0.2) is 4.39 Å². The number of rotatable bonds is 8. The fourth-order valence-electron chi connectivity index (χ4n) is 2.70. The maximum atomic E-state index is 14.1. The van der Waals surface area contributed by atoms with Crippen LogP contribution in [-0.4, -0.2) is 13.7 Å². The molecule has 0 aliphatic rings. The Morgan fingerprint density at radius 2 is 1.78 bits per heavy atom. The Balaban J connectivity index is 1.80. The molecule has 0 aliphatic heterocycles. The molecule has 0 fully saturated rings. The average Bonchev–Trinajstić information content (AvgIpc) is 2.71. The van der Waals surface area contributed by atoms with E-state index in [2.05, 4.69) is 23.0 Å². The van der Waals surface area contributed by atoms with E-state index in [0.29, 0.717) is 5.56 Å². The molecule has 27 heavy (non-hydrogen) atoms. The molecule has 3 nitrogen and oxygen atoms in total. The van der Waals surface area contributed by atoms with Gasteiger partial charge in [-0.3, -0.25) is 0 Å². The third kappa shape index (κ3) is 4.95. The fraction of sp³-hybridized carbons (Fsp3) is 0.182. The molecule has 0 atom stereocenters. The summed E-state index contributed by atoms with van der Waals surface area (Å²) in [7, 11) is 1.64. The molecule has 3 aromatic carbocycles. The first-order chi connectivity index (χ1) is 13.2. The Morgan fingerprint density at radius 3 is 2.56 bits per heavy atom. The van der Waals surface area contributed by atoms with Crippen LogP contribution in [0.25, 0.3) is 11.1 Å². The van der Waals surface area contributed by atoms with E-state index >= 15 is 0 Å². The van der Waals surface area contributed by atoms with Crippen molar-refractivity contribution in [2.75, 3.05) is 23.7 Å².